The van der Waals surface area contributed by atoms with Crippen LogP contribution in [0.25, 0.3) is 16.7 Å². The van der Waals surface area contributed by atoms with Crippen LogP contribution in [-0.4, -0.2) is 30.2 Å². The van der Waals surface area contributed by atoms with Crippen molar-refractivity contribution in [3.05, 3.63) is 35.6 Å². The van der Waals surface area contributed by atoms with Crippen LogP contribution >= 0.6 is 23.2 Å². The normalized spacial score (nSPS) is 11.3. The summed E-state index contributed by atoms with van der Waals surface area (Å²) in [5.41, 5.74) is 2.51. The van der Waals surface area contributed by atoms with E-state index in [4.69, 9.17) is 23.2 Å². The molecule has 0 spiro atoms. The van der Waals surface area contributed by atoms with Gasteiger partial charge in [-0.25, -0.2) is 4.98 Å². The minimum Gasteiger partial charge on any atom is -0.291 e. The highest BCUT2D eigenvalue weighted by molar-refractivity contribution is 6.34. The topological polar surface area (TPSA) is 48.5 Å². The molecule has 7 heteroatoms. The third kappa shape index (κ3) is 2.09. The molecule has 98 valence electrons. The molecule has 0 saturated carbocycles. The number of alkyl halides is 1. The molecule has 19 heavy (non-hydrogen) atoms. The van der Waals surface area contributed by atoms with Gasteiger partial charge in [-0.1, -0.05) is 11.6 Å². The third-order valence-electron chi connectivity index (χ3n) is 2.85. The number of hydrogen-bond acceptors (Lipinski definition) is 3. The number of pyridine rings is 1. The Hall–Kier alpha value is -1.59. The lowest BCUT2D eigenvalue weighted by Gasteiger charge is -2.05. The molecule has 0 radical (unpaired) electrons. The Morgan fingerprint density at radius 3 is 2.79 bits per heavy atom. The first-order chi connectivity index (χ1) is 9.20. The van der Waals surface area contributed by atoms with E-state index in [2.05, 4.69) is 15.1 Å². The summed E-state index contributed by atoms with van der Waals surface area (Å²) in [5, 5.41) is 4.75. The highest BCUT2D eigenvalue weighted by Gasteiger charge is 2.15. The van der Waals surface area contributed by atoms with E-state index in [-0.39, 0.29) is 0 Å². The summed E-state index contributed by atoms with van der Waals surface area (Å²) in [4.78, 5) is 8.61. The maximum Gasteiger partial charge on any atom is 0.115 e. The molecule has 3 heterocycles. The van der Waals surface area contributed by atoms with Crippen molar-refractivity contribution in [1.29, 1.82) is 0 Å². The minimum atomic E-state index is 0.495. The van der Waals surface area contributed by atoms with E-state index in [1.165, 1.54) is 0 Å². The van der Waals surface area contributed by atoms with Crippen LogP contribution in [0.5, 0.6) is 0 Å². The summed E-state index contributed by atoms with van der Waals surface area (Å²) < 4.78 is 3.72. The van der Waals surface area contributed by atoms with E-state index >= 15 is 0 Å². The molecule has 0 fully saturated rings. The Balaban J connectivity index is 2.33. The van der Waals surface area contributed by atoms with Gasteiger partial charge in [0.1, 0.15) is 11.3 Å². The quantitative estimate of drug-likeness (QED) is 0.698. The number of aryl methyl sites for hydroxylation is 2. The zero-order valence-electron chi connectivity index (χ0n) is 10.2. The van der Waals surface area contributed by atoms with E-state index in [1.54, 1.807) is 23.3 Å². The lowest BCUT2D eigenvalue weighted by Crippen LogP contribution is -2.01. The van der Waals surface area contributed by atoms with Crippen LogP contribution in [0.3, 0.4) is 0 Å². The third-order valence-corrected chi connectivity index (χ3v) is 3.32. The maximum atomic E-state index is 6.25. The minimum absolute atomic E-state index is 0.495. The maximum absolute atomic E-state index is 6.25. The first-order valence-corrected chi connectivity index (χ1v) is 6.68. The van der Waals surface area contributed by atoms with E-state index in [1.807, 2.05) is 17.8 Å². The number of hydrogen-bond donors (Lipinski definition) is 0. The molecule has 0 aromatic carbocycles. The van der Waals surface area contributed by atoms with Gasteiger partial charge in [0.05, 0.1) is 28.6 Å². The molecular weight excluding hydrogens is 285 g/mol. The second-order valence-electron chi connectivity index (χ2n) is 4.16. The zero-order valence-corrected chi connectivity index (χ0v) is 11.7. The van der Waals surface area contributed by atoms with Gasteiger partial charge in [-0.05, 0) is 0 Å². The van der Waals surface area contributed by atoms with Crippen molar-refractivity contribution in [2.45, 2.75) is 6.42 Å². The smallest absolute Gasteiger partial charge is 0.115 e. The van der Waals surface area contributed by atoms with Gasteiger partial charge in [-0.3, -0.25) is 14.2 Å². The first kappa shape index (κ1) is 12.4. The fraction of sp³-hybridized carbons (Fsp3) is 0.250. The second-order valence-corrected chi connectivity index (χ2v) is 4.95. The van der Waals surface area contributed by atoms with Gasteiger partial charge in [-0.2, -0.15) is 5.10 Å². The number of imidazole rings is 1. The standard InChI is InChI=1S/C12H11Cl2N5/c1-18-7-8(4-16-18)19-11(2-3-13)17-10-6-15-5-9(14)12(10)19/h4-7H,2-3H2,1H3. The monoisotopic (exact) mass is 295 g/mol. The fourth-order valence-electron chi connectivity index (χ4n) is 2.09. The average Bonchev–Trinajstić information content (AvgIpc) is 2.94. The molecule has 0 aliphatic carbocycles. The van der Waals surface area contributed by atoms with Crippen LogP contribution in [0.2, 0.25) is 5.02 Å². The molecule has 0 unspecified atom stereocenters. The van der Waals surface area contributed by atoms with Crippen molar-refractivity contribution in [2.75, 3.05) is 5.88 Å². The number of fused-ring (bicyclic) bond motifs is 1. The van der Waals surface area contributed by atoms with Crippen LogP contribution in [0.1, 0.15) is 5.82 Å². The van der Waals surface area contributed by atoms with Crippen molar-refractivity contribution in [1.82, 2.24) is 24.3 Å². The number of rotatable bonds is 3. The summed E-state index contributed by atoms with van der Waals surface area (Å²) in [6, 6.07) is 0. The highest BCUT2D eigenvalue weighted by Crippen LogP contribution is 2.27. The van der Waals surface area contributed by atoms with E-state index in [0.717, 1.165) is 22.5 Å². The van der Waals surface area contributed by atoms with Crippen molar-refractivity contribution >= 4 is 34.2 Å². The van der Waals surface area contributed by atoms with E-state index in [9.17, 15) is 0 Å². The molecule has 3 aromatic heterocycles. The van der Waals surface area contributed by atoms with Crippen molar-refractivity contribution in [3.63, 3.8) is 0 Å². The van der Waals surface area contributed by atoms with Crippen molar-refractivity contribution in [3.8, 4) is 5.69 Å². The predicted molar refractivity (Wildman–Crippen MR) is 75.1 cm³/mol. The van der Waals surface area contributed by atoms with Crippen LogP contribution in [0.15, 0.2) is 24.8 Å². The van der Waals surface area contributed by atoms with Crippen molar-refractivity contribution in [2.24, 2.45) is 7.05 Å². The summed E-state index contributed by atoms with van der Waals surface area (Å²) in [7, 11) is 1.87. The zero-order chi connectivity index (χ0) is 13.4. The van der Waals surface area contributed by atoms with Gasteiger partial charge in [0.2, 0.25) is 0 Å². The predicted octanol–water partition coefficient (Wildman–Crippen LogP) is 2.59. The number of halogens is 2. The average molecular weight is 296 g/mol. The number of nitrogens with zero attached hydrogens (tertiary/aromatic N) is 5. The fourth-order valence-corrected chi connectivity index (χ4v) is 2.50. The number of aromatic nitrogens is 5. The summed E-state index contributed by atoms with van der Waals surface area (Å²) in [6.07, 6.45) is 7.65. The molecule has 0 aliphatic heterocycles. The molecule has 0 atom stereocenters. The molecule has 0 saturated heterocycles. The van der Waals surface area contributed by atoms with Crippen molar-refractivity contribution < 1.29 is 0 Å². The molecule has 5 nitrogen and oxygen atoms in total. The lowest BCUT2D eigenvalue weighted by atomic mass is 10.4. The molecule has 0 bridgehead atoms. The van der Waals surface area contributed by atoms with E-state index in [0.29, 0.717) is 17.3 Å². The molecule has 0 N–H and O–H groups in total. The first-order valence-electron chi connectivity index (χ1n) is 5.76. The Labute approximate surface area is 119 Å². The molecule has 0 aliphatic rings. The van der Waals surface area contributed by atoms with Gasteiger partial charge in [-0.15, -0.1) is 11.6 Å². The van der Waals surface area contributed by atoms with Crippen LogP contribution in [-0.2, 0) is 13.5 Å². The summed E-state index contributed by atoms with van der Waals surface area (Å²) >= 11 is 12.1. The SMILES string of the molecule is Cn1cc(-n2c(CCCl)nc3cncc(Cl)c32)cn1. The molecule has 3 aromatic rings. The Bertz CT molecular complexity index is 731. The Morgan fingerprint density at radius 1 is 1.26 bits per heavy atom. The van der Waals surface area contributed by atoms with Gasteiger partial charge in [0, 0.05) is 31.7 Å². The van der Waals surface area contributed by atoms with Crippen LogP contribution in [0, 0.1) is 0 Å². The van der Waals surface area contributed by atoms with Crippen LogP contribution in [0.4, 0.5) is 0 Å². The Kier molecular flexibility index (Phi) is 3.16. The van der Waals surface area contributed by atoms with Gasteiger partial charge >= 0.3 is 0 Å². The summed E-state index contributed by atoms with van der Waals surface area (Å²) in [5.74, 6) is 1.35. The van der Waals surface area contributed by atoms with Gasteiger partial charge in [0.25, 0.3) is 0 Å². The summed E-state index contributed by atoms with van der Waals surface area (Å²) in [6.45, 7) is 0. The lowest BCUT2D eigenvalue weighted by molar-refractivity contribution is 0.767. The second kappa shape index (κ2) is 4.83. The molecule has 3 rings (SSSR count). The van der Waals surface area contributed by atoms with Gasteiger partial charge in [0.15, 0.2) is 0 Å². The van der Waals surface area contributed by atoms with Crippen LogP contribution < -0.4 is 0 Å². The highest BCUT2D eigenvalue weighted by atomic mass is 35.5. The van der Waals surface area contributed by atoms with E-state index < -0.39 is 0 Å². The Morgan fingerprint density at radius 2 is 2.11 bits per heavy atom. The molecular formula is C12H11Cl2N5. The largest absolute Gasteiger partial charge is 0.291 e. The molecule has 0 amide bonds. The van der Waals surface area contributed by atoms with Gasteiger partial charge < -0.3 is 0 Å².